The third-order valence-corrected chi connectivity index (χ3v) is 3.35. The summed E-state index contributed by atoms with van der Waals surface area (Å²) < 4.78 is 4.01. The van der Waals surface area contributed by atoms with Crippen LogP contribution in [0, 0.1) is 0 Å². The first-order chi connectivity index (χ1) is 6.86. The summed E-state index contributed by atoms with van der Waals surface area (Å²) in [6, 6.07) is 0. The molecular weight excluding hydrogens is 196 g/mol. The predicted molar refractivity (Wildman–Crippen MR) is 59.6 cm³/mol. The van der Waals surface area contributed by atoms with Gasteiger partial charge in [-0.1, -0.05) is 19.3 Å². The summed E-state index contributed by atoms with van der Waals surface area (Å²) in [5.74, 6) is 0.409. The first kappa shape index (κ1) is 9.71. The van der Waals surface area contributed by atoms with E-state index in [1.54, 1.807) is 0 Å². The highest BCUT2D eigenvalue weighted by molar-refractivity contribution is 7.09. The molecule has 2 heterocycles. The lowest BCUT2D eigenvalue weighted by Crippen LogP contribution is -2.26. The van der Waals surface area contributed by atoms with E-state index in [0.29, 0.717) is 5.95 Å². The van der Waals surface area contributed by atoms with E-state index in [4.69, 9.17) is 5.73 Å². The number of nitrogen functional groups attached to an aromatic ring is 1. The molecule has 0 saturated carbocycles. The van der Waals surface area contributed by atoms with Gasteiger partial charge >= 0.3 is 0 Å². The van der Waals surface area contributed by atoms with E-state index in [2.05, 4.69) is 14.3 Å². The molecule has 5 heteroatoms. The second-order valence-electron chi connectivity index (χ2n) is 3.69. The zero-order valence-corrected chi connectivity index (χ0v) is 9.09. The Morgan fingerprint density at radius 2 is 1.71 bits per heavy atom. The lowest BCUT2D eigenvalue weighted by atomic mass is 10.1. The van der Waals surface area contributed by atoms with Crippen LogP contribution < -0.4 is 10.6 Å². The molecule has 0 amide bonds. The van der Waals surface area contributed by atoms with Gasteiger partial charge in [0, 0.05) is 24.6 Å². The van der Waals surface area contributed by atoms with Gasteiger partial charge in [0.15, 0.2) is 0 Å². The van der Waals surface area contributed by atoms with Gasteiger partial charge in [0.2, 0.25) is 11.1 Å². The summed E-state index contributed by atoms with van der Waals surface area (Å²) in [4.78, 5) is 6.53. The largest absolute Gasteiger partial charge is 0.367 e. The monoisotopic (exact) mass is 212 g/mol. The van der Waals surface area contributed by atoms with E-state index in [1.807, 2.05) is 0 Å². The minimum absolute atomic E-state index is 0.409. The van der Waals surface area contributed by atoms with Gasteiger partial charge in [-0.15, -0.1) is 0 Å². The molecule has 1 aromatic heterocycles. The van der Waals surface area contributed by atoms with Crippen LogP contribution in [0.4, 0.5) is 11.1 Å². The standard InChI is InChI=1S/C9H16N4S/c10-8-11-9(14-12-8)13-6-4-2-1-3-5-7-13/h1-7H2,(H2,10,12). The van der Waals surface area contributed by atoms with Crippen LogP contribution in [-0.4, -0.2) is 22.4 Å². The second-order valence-corrected chi connectivity index (χ2v) is 4.42. The molecule has 4 nitrogen and oxygen atoms in total. The fraction of sp³-hybridized carbons (Fsp3) is 0.778. The summed E-state index contributed by atoms with van der Waals surface area (Å²) in [5.41, 5.74) is 5.52. The minimum atomic E-state index is 0.409. The van der Waals surface area contributed by atoms with Gasteiger partial charge < -0.3 is 10.6 Å². The molecule has 0 spiro atoms. The maximum atomic E-state index is 5.52. The Bertz CT molecular complexity index is 278. The summed E-state index contributed by atoms with van der Waals surface area (Å²) in [6.07, 6.45) is 6.58. The topological polar surface area (TPSA) is 55.0 Å². The minimum Gasteiger partial charge on any atom is -0.367 e. The van der Waals surface area contributed by atoms with Crippen molar-refractivity contribution in [1.29, 1.82) is 0 Å². The number of anilines is 2. The van der Waals surface area contributed by atoms with Crippen molar-refractivity contribution in [2.75, 3.05) is 23.7 Å². The van der Waals surface area contributed by atoms with Gasteiger partial charge in [-0.2, -0.15) is 9.36 Å². The van der Waals surface area contributed by atoms with Gasteiger partial charge in [-0.3, -0.25) is 0 Å². The number of nitrogens with two attached hydrogens (primary N) is 1. The van der Waals surface area contributed by atoms with Crippen LogP contribution in [0.2, 0.25) is 0 Å². The van der Waals surface area contributed by atoms with E-state index in [-0.39, 0.29) is 0 Å². The molecule has 0 radical (unpaired) electrons. The SMILES string of the molecule is Nc1nsc(N2CCCCCCC2)n1. The Morgan fingerprint density at radius 1 is 1.07 bits per heavy atom. The Balaban J connectivity index is 2.00. The molecule has 0 unspecified atom stereocenters. The number of hydrogen-bond donors (Lipinski definition) is 1. The van der Waals surface area contributed by atoms with Crippen molar-refractivity contribution < 1.29 is 0 Å². The molecule has 1 aromatic rings. The summed E-state index contributed by atoms with van der Waals surface area (Å²) in [5, 5.41) is 0.990. The van der Waals surface area contributed by atoms with Crippen LogP contribution in [-0.2, 0) is 0 Å². The molecule has 14 heavy (non-hydrogen) atoms. The van der Waals surface area contributed by atoms with Crippen molar-refractivity contribution in [3.8, 4) is 0 Å². The van der Waals surface area contributed by atoms with Gasteiger partial charge in [-0.25, -0.2) is 0 Å². The summed E-state index contributed by atoms with van der Waals surface area (Å²) in [7, 11) is 0. The third-order valence-electron chi connectivity index (χ3n) is 2.56. The third kappa shape index (κ3) is 2.35. The van der Waals surface area contributed by atoms with E-state index in [9.17, 15) is 0 Å². The number of hydrogen-bond acceptors (Lipinski definition) is 5. The summed E-state index contributed by atoms with van der Waals surface area (Å²) in [6.45, 7) is 2.21. The maximum absolute atomic E-state index is 5.52. The second kappa shape index (κ2) is 4.59. The van der Waals surface area contributed by atoms with E-state index in [1.165, 1.54) is 43.6 Å². The zero-order chi connectivity index (χ0) is 9.80. The van der Waals surface area contributed by atoms with Crippen LogP contribution in [0.1, 0.15) is 32.1 Å². The Hall–Kier alpha value is -0.840. The lowest BCUT2D eigenvalue weighted by Gasteiger charge is -2.23. The molecule has 0 bridgehead atoms. The van der Waals surface area contributed by atoms with Crippen molar-refractivity contribution >= 4 is 22.6 Å². The average Bonchev–Trinajstić information content (AvgIpc) is 2.51. The van der Waals surface area contributed by atoms with Crippen molar-refractivity contribution in [1.82, 2.24) is 9.36 Å². The van der Waals surface area contributed by atoms with Crippen molar-refractivity contribution in [2.24, 2.45) is 0 Å². The fourth-order valence-electron chi connectivity index (χ4n) is 1.79. The molecular formula is C9H16N4S. The average molecular weight is 212 g/mol. The van der Waals surface area contributed by atoms with E-state index >= 15 is 0 Å². The molecule has 78 valence electrons. The van der Waals surface area contributed by atoms with Crippen molar-refractivity contribution in [3.05, 3.63) is 0 Å². The van der Waals surface area contributed by atoms with Crippen molar-refractivity contribution in [2.45, 2.75) is 32.1 Å². The first-order valence-electron chi connectivity index (χ1n) is 5.20. The van der Waals surface area contributed by atoms with E-state index in [0.717, 1.165) is 18.2 Å². The van der Waals surface area contributed by atoms with Crippen LogP contribution in [0.3, 0.4) is 0 Å². The molecule has 1 fully saturated rings. The van der Waals surface area contributed by atoms with Crippen LogP contribution in [0.5, 0.6) is 0 Å². The smallest absolute Gasteiger partial charge is 0.233 e. The molecule has 2 N–H and O–H groups in total. The molecule has 2 rings (SSSR count). The Morgan fingerprint density at radius 3 is 2.29 bits per heavy atom. The number of rotatable bonds is 1. The number of aromatic nitrogens is 2. The summed E-state index contributed by atoms with van der Waals surface area (Å²) >= 11 is 1.41. The van der Waals surface area contributed by atoms with E-state index < -0.39 is 0 Å². The van der Waals surface area contributed by atoms with Crippen LogP contribution >= 0.6 is 11.5 Å². The highest BCUT2D eigenvalue weighted by Gasteiger charge is 2.12. The Kier molecular flexibility index (Phi) is 3.18. The molecule has 0 aliphatic carbocycles. The van der Waals surface area contributed by atoms with Gasteiger partial charge in [0.1, 0.15) is 0 Å². The highest BCUT2D eigenvalue weighted by atomic mass is 32.1. The van der Waals surface area contributed by atoms with Crippen molar-refractivity contribution in [3.63, 3.8) is 0 Å². The molecule has 1 aliphatic heterocycles. The molecule has 0 atom stereocenters. The van der Waals surface area contributed by atoms with Gasteiger partial charge in [0.25, 0.3) is 0 Å². The van der Waals surface area contributed by atoms with Gasteiger partial charge in [0.05, 0.1) is 0 Å². The quantitative estimate of drug-likeness (QED) is 0.772. The predicted octanol–water partition coefficient (Wildman–Crippen LogP) is 1.89. The van der Waals surface area contributed by atoms with Crippen LogP contribution in [0.15, 0.2) is 0 Å². The fourth-order valence-corrected chi connectivity index (χ4v) is 2.44. The maximum Gasteiger partial charge on any atom is 0.233 e. The molecule has 1 saturated heterocycles. The number of nitrogens with zero attached hydrogens (tertiary/aromatic N) is 3. The Labute approximate surface area is 88.3 Å². The normalized spacial score (nSPS) is 19.0. The lowest BCUT2D eigenvalue weighted by molar-refractivity contribution is 0.556. The highest BCUT2D eigenvalue weighted by Crippen LogP contribution is 2.21. The molecule has 1 aliphatic rings. The molecule has 0 aromatic carbocycles. The van der Waals surface area contributed by atoms with Gasteiger partial charge in [-0.05, 0) is 12.8 Å². The zero-order valence-electron chi connectivity index (χ0n) is 8.28. The van der Waals surface area contributed by atoms with Crippen LogP contribution in [0.25, 0.3) is 0 Å². The first-order valence-corrected chi connectivity index (χ1v) is 5.98.